The van der Waals surface area contributed by atoms with Crippen molar-refractivity contribution in [1.82, 2.24) is 9.97 Å². The number of hydrogen-bond donors (Lipinski definition) is 0. The predicted molar refractivity (Wildman–Crippen MR) is 82.4 cm³/mol. The number of hydrogen-bond acceptors (Lipinski definition) is 3. The molecule has 4 heteroatoms. The van der Waals surface area contributed by atoms with Gasteiger partial charge in [0.2, 0.25) is 0 Å². The molecule has 2 aromatic rings. The zero-order valence-corrected chi connectivity index (χ0v) is 13.2. The maximum Gasteiger partial charge on any atom is 0.192 e. The molecule has 0 aromatic carbocycles. The Morgan fingerprint density at radius 1 is 1.11 bits per heavy atom. The van der Waals surface area contributed by atoms with E-state index in [4.69, 9.17) is 3.07 Å². The molecule has 18 heavy (non-hydrogen) atoms. The molecule has 2 aromatic heterocycles. The summed E-state index contributed by atoms with van der Waals surface area (Å²) in [6.07, 6.45) is 1.84. The van der Waals surface area contributed by atoms with Crippen LogP contribution in [0.1, 0.15) is 50.9 Å². The monoisotopic (exact) mass is 356 g/mol. The summed E-state index contributed by atoms with van der Waals surface area (Å²) in [5, 5.41) is 1.03. The van der Waals surface area contributed by atoms with Gasteiger partial charge >= 0.3 is 0 Å². The third-order valence-electron chi connectivity index (χ3n) is 2.97. The van der Waals surface area contributed by atoms with E-state index in [-0.39, 0.29) is 0 Å². The Balaban J connectivity index is 2.67. The third-order valence-corrected chi connectivity index (χ3v) is 3.41. The minimum atomic E-state index is 0.337. The van der Waals surface area contributed by atoms with Crippen LogP contribution in [0.5, 0.6) is 5.75 Å². The lowest BCUT2D eigenvalue weighted by atomic mass is 10.0. The number of fused-ring (bicyclic) bond motifs is 1. The Morgan fingerprint density at radius 2 is 1.83 bits per heavy atom. The van der Waals surface area contributed by atoms with Gasteiger partial charge in [-0.15, -0.1) is 0 Å². The summed E-state index contributed by atoms with van der Waals surface area (Å²) in [4.78, 5) is 9.12. The van der Waals surface area contributed by atoms with Crippen LogP contribution in [-0.4, -0.2) is 9.97 Å². The summed E-state index contributed by atoms with van der Waals surface area (Å²) in [6.45, 7) is 8.51. The molecule has 96 valence electrons. The van der Waals surface area contributed by atoms with Crippen molar-refractivity contribution in [3.63, 3.8) is 0 Å². The summed E-state index contributed by atoms with van der Waals surface area (Å²) >= 11 is 1.91. The highest BCUT2D eigenvalue weighted by Gasteiger charge is 2.15. The van der Waals surface area contributed by atoms with Crippen molar-refractivity contribution >= 4 is 33.9 Å². The molecule has 0 unspecified atom stereocenters. The molecule has 0 N–H and O–H groups in total. The van der Waals surface area contributed by atoms with Crippen LogP contribution >= 0.6 is 23.0 Å². The molecule has 0 radical (unpaired) electrons. The zero-order chi connectivity index (χ0) is 13.3. The highest BCUT2D eigenvalue weighted by atomic mass is 127. The Hall–Kier alpha value is -0.910. The van der Waals surface area contributed by atoms with Gasteiger partial charge in [-0.2, -0.15) is 0 Å². The normalized spacial score (nSPS) is 11.5. The average molecular weight is 356 g/mol. The second-order valence-electron chi connectivity index (χ2n) is 5.03. The van der Waals surface area contributed by atoms with Crippen LogP contribution < -0.4 is 3.07 Å². The Labute approximate surface area is 122 Å². The number of nitrogens with zero attached hydrogens (tertiary/aromatic N) is 2. The van der Waals surface area contributed by atoms with E-state index in [1.54, 1.807) is 0 Å². The van der Waals surface area contributed by atoms with E-state index < -0.39 is 0 Å². The average Bonchev–Trinajstić information content (AvgIpc) is 2.36. The fraction of sp³-hybridized carbons (Fsp3) is 0.429. The number of aromatic nitrogens is 2. The summed E-state index contributed by atoms with van der Waals surface area (Å²) in [5.41, 5.74) is 2.97. The first-order chi connectivity index (χ1) is 8.54. The minimum Gasteiger partial charge on any atom is -0.425 e. The minimum absolute atomic E-state index is 0.337. The standard InChI is InChI=1S/C14H17IN2O/c1-8(2)11-6-5-10-12(17-11)7-16-13(9(3)4)14(10)18-15/h5-9H,1-4H3. The quantitative estimate of drug-likeness (QED) is 0.754. The van der Waals surface area contributed by atoms with E-state index in [1.165, 1.54) is 0 Å². The van der Waals surface area contributed by atoms with Gasteiger partial charge in [-0.05, 0) is 24.0 Å². The highest BCUT2D eigenvalue weighted by molar-refractivity contribution is 14.1. The van der Waals surface area contributed by atoms with E-state index in [2.05, 4.69) is 49.8 Å². The Morgan fingerprint density at radius 3 is 2.39 bits per heavy atom. The first-order valence-corrected chi connectivity index (χ1v) is 7.00. The fourth-order valence-corrected chi connectivity index (χ4v) is 2.39. The molecule has 0 saturated carbocycles. The lowest BCUT2D eigenvalue weighted by Crippen LogP contribution is -1.99. The Kier molecular flexibility index (Phi) is 4.04. The summed E-state index contributed by atoms with van der Waals surface area (Å²) in [7, 11) is 0. The zero-order valence-electron chi connectivity index (χ0n) is 11.1. The lowest BCUT2D eigenvalue weighted by Gasteiger charge is -2.13. The molecular formula is C14H17IN2O. The van der Waals surface area contributed by atoms with Gasteiger partial charge in [-0.3, -0.25) is 9.97 Å². The van der Waals surface area contributed by atoms with E-state index in [1.807, 2.05) is 29.2 Å². The lowest BCUT2D eigenvalue weighted by molar-refractivity contribution is 0.677. The van der Waals surface area contributed by atoms with E-state index in [0.717, 1.165) is 28.0 Å². The molecule has 0 aliphatic heterocycles. The SMILES string of the molecule is CC(C)c1ccc2c(OI)c(C(C)C)ncc2n1. The molecule has 0 fully saturated rings. The van der Waals surface area contributed by atoms with Gasteiger partial charge in [0.15, 0.2) is 28.8 Å². The fourth-order valence-electron chi connectivity index (χ4n) is 1.92. The summed E-state index contributed by atoms with van der Waals surface area (Å²) in [6, 6.07) is 4.15. The number of halogens is 1. The van der Waals surface area contributed by atoms with Crippen molar-refractivity contribution in [2.75, 3.05) is 0 Å². The van der Waals surface area contributed by atoms with Crippen molar-refractivity contribution in [2.45, 2.75) is 39.5 Å². The van der Waals surface area contributed by atoms with Crippen LogP contribution in [0.15, 0.2) is 18.3 Å². The van der Waals surface area contributed by atoms with Gasteiger partial charge < -0.3 is 3.07 Å². The first kappa shape index (κ1) is 13.5. The second-order valence-corrected chi connectivity index (χ2v) is 5.47. The molecule has 0 amide bonds. The van der Waals surface area contributed by atoms with E-state index in [9.17, 15) is 0 Å². The number of rotatable bonds is 3. The van der Waals surface area contributed by atoms with Gasteiger partial charge in [0, 0.05) is 11.1 Å². The second kappa shape index (κ2) is 5.38. The molecule has 0 bridgehead atoms. The van der Waals surface area contributed by atoms with Gasteiger partial charge in [-0.25, -0.2) is 0 Å². The van der Waals surface area contributed by atoms with Crippen molar-refractivity contribution in [1.29, 1.82) is 0 Å². The van der Waals surface area contributed by atoms with Gasteiger partial charge in [0.25, 0.3) is 0 Å². The van der Waals surface area contributed by atoms with Crippen molar-refractivity contribution in [3.8, 4) is 5.75 Å². The van der Waals surface area contributed by atoms with Crippen LogP contribution in [-0.2, 0) is 0 Å². The highest BCUT2D eigenvalue weighted by Crippen LogP contribution is 2.33. The molecular weight excluding hydrogens is 339 g/mol. The molecule has 0 aliphatic rings. The first-order valence-electron chi connectivity index (χ1n) is 6.12. The molecule has 0 spiro atoms. The smallest absolute Gasteiger partial charge is 0.192 e. The third kappa shape index (κ3) is 2.43. The maximum absolute atomic E-state index is 5.49. The number of pyridine rings is 2. The van der Waals surface area contributed by atoms with E-state index >= 15 is 0 Å². The van der Waals surface area contributed by atoms with Crippen LogP contribution in [0.4, 0.5) is 0 Å². The van der Waals surface area contributed by atoms with Crippen LogP contribution in [0, 0.1) is 0 Å². The predicted octanol–water partition coefficient (Wildman–Crippen LogP) is 4.61. The van der Waals surface area contributed by atoms with Crippen molar-refractivity contribution < 1.29 is 3.07 Å². The van der Waals surface area contributed by atoms with Gasteiger partial charge in [-0.1, -0.05) is 27.7 Å². The molecule has 0 saturated heterocycles. The van der Waals surface area contributed by atoms with Crippen LogP contribution in [0.2, 0.25) is 0 Å². The largest absolute Gasteiger partial charge is 0.425 e. The molecule has 2 heterocycles. The summed E-state index contributed by atoms with van der Waals surface area (Å²) in [5.74, 6) is 1.60. The van der Waals surface area contributed by atoms with Gasteiger partial charge in [0.1, 0.15) is 0 Å². The van der Waals surface area contributed by atoms with Crippen molar-refractivity contribution in [2.24, 2.45) is 0 Å². The molecule has 0 aliphatic carbocycles. The molecule has 3 nitrogen and oxygen atoms in total. The molecule has 2 rings (SSSR count). The van der Waals surface area contributed by atoms with Crippen molar-refractivity contribution in [3.05, 3.63) is 29.7 Å². The van der Waals surface area contributed by atoms with Crippen LogP contribution in [0.25, 0.3) is 10.9 Å². The summed E-state index contributed by atoms with van der Waals surface area (Å²) < 4.78 is 5.49. The maximum atomic E-state index is 5.49. The Bertz CT molecular complexity index is 567. The topological polar surface area (TPSA) is 35.0 Å². The van der Waals surface area contributed by atoms with Crippen LogP contribution in [0.3, 0.4) is 0 Å². The molecule has 0 atom stereocenters. The van der Waals surface area contributed by atoms with Gasteiger partial charge in [0.05, 0.1) is 17.4 Å². The van der Waals surface area contributed by atoms with E-state index in [0.29, 0.717) is 11.8 Å².